The molecule has 0 saturated carbocycles. The summed E-state index contributed by atoms with van der Waals surface area (Å²) in [5.74, 6) is 3.98. The first-order chi connectivity index (χ1) is 14.1. The van der Waals surface area contributed by atoms with Gasteiger partial charge in [0, 0.05) is 0 Å². The number of ether oxygens (including phenoxy) is 1. The minimum atomic E-state index is -0.0637. The highest BCUT2D eigenvalue weighted by Crippen LogP contribution is 2.42. The van der Waals surface area contributed by atoms with E-state index >= 15 is 0 Å². The van der Waals surface area contributed by atoms with Crippen LogP contribution in [-0.4, -0.2) is 10.7 Å². The van der Waals surface area contributed by atoms with E-state index in [1.807, 2.05) is 13.0 Å². The van der Waals surface area contributed by atoms with Gasteiger partial charge >= 0.3 is 0 Å². The lowest BCUT2D eigenvalue weighted by molar-refractivity contribution is 0.0514. The number of benzene rings is 1. The maximum Gasteiger partial charge on any atom is 0.126 e. The van der Waals surface area contributed by atoms with Gasteiger partial charge in [0.1, 0.15) is 17.1 Å². The van der Waals surface area contributed by atoms with Gasteiger partial charge < -0.3 is 9.84 Å². The van der Waals surface area contributed by atoms with Gasteiger partial charge in [-0.3, -0.25) is 0 Å². The number of aryl methyl sites for hydroxylation is 1. The molecule has 1 aliphatic heterocycles. The van der Waals surface area contributed by atoms with Crippen molar-refractivity contribution >= 4 is 0 Å². The van der Waals surface area contributed by atoms with Crippen LogP contribution >= 0.6 is 0 Å². The van der Waals surface area contributed by atoms with Crippen LogP contribution in [0.4, 0.5) is 0 Å². The van der Waals surface area contributed by atoms with Gasteiger partial charge in [-0.2, -0.15) is 0 Å². The van der Waals surface area contributed by atoms with Gasteiger partial charge in [0.15, 0.2) is 0 Å². The molecule has 0 spiro atoms. The Balaban J connectivity index is 1.69. The molecule has 0 fully saturated rings. The van der Waals surface area contributed by atoms with Crippen LogP contribution in [0, 0.1) is 31.6 Å². The Morgan fingerprint density at radius 2 is 1.47 bits per heavy atom. The number of phenolic OH excluding ortho intramolecular Hbond substituents is 1. The largest absolute Gasteiger partial charge is 0.508 e. The Kier molecular flexibility index (Phi) is 9.57. The molecule has 2 heteroatoms. The van der Waals surface area contributed by atoms with Crippen LogP contribution in [0.25, 0.3) is 0 Å². The molecule has 0 aliphatic carbocycles. The molecule has 3 atom stereocenters. The van der Waals surface area contributed by atoms with Crippen molar-refractivity contribution in [3.63, 3.8) is 0 Å². The molecular weight excluding hydrogens is 368 g/mol. The van der Waals surface area contributed by atoms with E-state index < -0.39 is 0 Å². The molecule has 2 rings (SSSR count). The van der Waals surface area contributed by atoms with Crippen LogP contribution in [0.15, 0.2) is 6.07 Å². The molecule has 2 nitrogen and oxygen atoms in total. The number of rotatable bonds is 12. The third-order valence-electron chi connectivity index (χ3n) is 7.44. The molecule has 1 aromatic carbocycles. The smallest absolute Gasteiger partial charge is 0.126 e. The highest BCUT2D eigenvalue weighted by molar-refractivity contribution is 5.53. The van der Waals surface area contributed by atoms with E-state index in [-0.39, 0.29) is 5.60 Å². The first kappa shape index (κ1) is 25.1. The van der Waals surface area contributed by atoms with Gasteiger partial charge in [0.2, 0.25) is 0 Å². The van der Waals surface area contributed by atoms with Crippen molar-refractivity contribution in [2.45, 2.75) is 125 Å². The molecule has 2 unspecified atom stereocenters. The van der Waals surface area contributed by atoms with Crippen molar-refractivity contribution in [2.24, 2.45) is 17.8 Å². The molecule has 1 aromatic rings. The lowest BCUT2D eigenvalue weighted by atomic mass is 9.85. The van der Waals surface area contributed by atoms with Crippen molar-refractivity contribution in [3.8, 4) is 11.5 Å². The topological polar surface area (TPSA) is 29.5 Å². The lowest BCUT2D eigenvalue weighted by Crippen LogP contribution is -2.36. The fourth-order valence-corrected chi connectivity index (χ4v) is 4.94. The second-order valence-electron chi connectivity index (χ2n) is 11.0. The van der Waals surface area contributed by atoms with Crippen molar-refractivity contribution in [1.29, 1.82) is 0 Å². The number of phenols is 1. The molecule has 0 aromatic heterocycles. The molecule has 0 bridgehead atoms. The van der Waals surface area contributed by atoms with Crippen molar-refractivity contribution < 1.29 is 9.84 Å². The van der Waals surface area contributed by atoms with Crippen molar-refractivity contribution in [2.75, 3.05) is 0 Å². The van der Waals surface area contributed by atoms with E-state index in [1.54, 1.807) is 0 Å². The third kappa shape index (κ3) is 7.50. The summed E-state index contributed by atoms with van der Waals surface area (Å²) in [6.07, 6.45) is 14.1. The first-order valence-corrected chi connectivity index (χ1v) is 12.6. The number of hydrogen-bond acceptors (Lipinski definition) is 2. The maximum absolute atomic E-state index is 10.1. The molecule has 172 valence electrons. The summed E-state index contributed by atoms with van der Waals surface area (Å²) in [6.45, 7) is 15.9. The van der Waals surface area contributed by atoms with Crippen LogP contribution in [0.5, 0.6) is 11.5 Å². The zero-order chi connectivity index (χ0) is 22.3. The Hall–Kier alpha value is -1.18. The molecule has 30 heavy (non-hydrogen) atoms. The zero-order valence-electron chi connectivity index (χ0n) is 20.9. The summed E-state index contributed by atoms with van der Waals surface area (Å²) in [5, 5.41) is 10.1. The highest BCUT2D eigenvalue weighted by atomic mass is 16.5. The van der Waals surface area contributed by atoms with Crippen LogP contribution in [0.2, 0.25) is 0 Å². The van der Waals surface area contributed by atoms with E-state index in [1.165, 1.54) is 56.9 Å². The van der Waals surface area contributed by atoms with Crippen molar-refractivity contribution in [3.05, 3.63) is 22.8 Å². The van der Waals surface area contributed by atoms with Crippen LogP contribution in [0.3, 0.4) is 0 Å². The Morgan fingerprint density at radius 1 is 0.900 bits per heavy atom. The van der Waals surface area contributed by atoms with Gasteiger partial charge in [-0.05, 0) is 87.0 Å². The van der Waals surface area contributed by atoms with E-state index in [2.05, 4.69) is 41.5 Å². The summed E-state index contributed by atoms with van der Waals surface area (Å²) in [5.41, 5.74) is 3.16. The minimum Gasteiger partial charge on any atom is -0.508 e. The van der Waals surface area contributed by atoms with Gasteiger partial charge in [0.25, 0.3) is 0 Å². The van der Waals surface area contributed by atoms with Crippen molar-refractivity contribution in [1.82, 2.24) is 0 Å². The normalized spacial score (nSPS) is 20.7. The summed E-state index contributed by atoms with van der Waals surface area (Å²) in [6, 6.07) is 1.91. The van der Waals surface area contributed by atoms with Gasteiger partial charge in [-0.1, -0.05) is 72.6 Å². The first-order valence-electron chi connectivity index (χ1n) is 12.6. The minimum absolute atomic E-state index is 0.0637. The Morgan fingerprint density at radius 3 is 2.07 bits per heavy atom. The van der Waals surface area contributed by atoms with Crippen LogP contribution in [-0.2, 0) is 6.42 Å². The van der Waals surface area contributed by atoms with E-state index in [9.17, 15) is 5.11 Å². The average molecular weight is 417 g/mol. The fourth-order valence-electron chi connectivity index (χ4n) is 4.94. The van der Waals surface area contributed by atoms with Crippen LogP contribution in [0.1, 0.15) is 116 Å². The number of fused-ring (bicyclic) bond motifs is 1. The van der Waals surface area contributed by atoms with Gasteiger partial charge in [0.05, 0.1) is 0 Å². The number of aromatic hydroxyl groups is 1. The van der Waals surface area contributed by atoms with Gasteiger partial charge in [-0.15, -0.1) is 0 Å². The predicted octanol–water partition coefficient (Wildman–Crippen LogP) is 8.53. The summed E-state index contributed by atoms with van der Waals surface area (Å²) in [7, 11) is 0. The Labute approximate surface area is 186 Å². The number of hydrogen-bond donors (Lipinski definition) is 1. The monoisotopic (exact) mass is 416 g/mol. The highest BCUT2D eigenvalue weighted by Gasteiger charge is 2.33. The molecule has 0 amide bonds. The quantitative estimate of drug-likeness (QED) is 0.370. The molecule has 1 aliphatic rings. The molecule has 1 heterocycles. The van der Waals surface area contributed by atoms with E-state index in [0.29, 0.717) is 5.75 Å². The Bertz CT molecular complexity index is 663. The second kappa shape index (κ2) is 11.4. The SMILES string of the molecule is Cc1c(O)cc2c(c1C)O[C@@](C)(CCCC(C)CCCC(C)CCCC(C)C)CC2. The lowest BCUT2D eigenvalue weighted by Gasteiger charge is -2.37. The molecule has 0 radical (unpaired) electrons. The fraction of sp³-hybridized carbons (Fsp3) is 0.786. The standard InChI is InChI=1S/C28H48O2/c1-20(2)11-8-12-21(3)13-9-14-22(4)15-10-17-28(7)18-16-25-19-26(29)23(5)24(6)27(25)30-28/h19-22,29H,8-18H2,1-7H3/t21?,22?,28-/m0/s1. The summed E-state index contributed by atoms with van der Waals surface area (Å²) >= 11 is 0. The second-order valence-corrected chi connectivity index (χ2v) is 11.0. The molecule has 0 saturated heterocycles. The summed E-state index contributed by atoms with van der Waals surface area (Å²) in [4.78, 5) is 0. The van der Waals surface area contributed by atoms with E-state index in [4.69, 9.17) is 4.74 Å². The van der Waals surface area contributed by atoms with E-state index in [0.717, 1.165) is 53.9 Å². The maximum atomic E-state index is 10.1. The van der Waals surface area contributed by atoms with Crippen LogP contribution < -0.4 is 4.74 Å². The predicted molar refractivity (Wildman–Crippen MR) is 130 cm³/mol. The third-order valence-corrected chi connectivity index (χ3v) is 7.44. The summed E-state index contributed by atoms with van der Waals surface area (Å²) < 4.78 is 6.52. The van der Waals surface area contributed by atoms with Gasteiger partial charge in [-0.25, -0.2) is 0 Å². The molecular formula is C28H48O2. The zero-order valence-corrected chi connectivity index (χ0v) is 20.9. The average Bonchev–Trinajstić information content (AvgIpc) is 2.67. The molecule has 1 N–H and O–H groups in total.